The van der Waals surface area contributed by atoms with Crippen LogP contribution in [-0.2, 0) is 5.41 Å². The second-order valence-corrected chi connectivity index (χ2v) is 11.2. The minimum Gasteiger partial charge on any atom is -0.322 e. The number of anilines is 1. The summed E-state index contributed by atoms with van der Waals surface area (Å²) in [6.07, 6.45) is 9.79. The quantitative estimate of drug-likeness (QED) is 0.432. The first-order valence-corrected chi connectivity index (χ1v) is 13.5. The van der Waals surface area contributed by atoms with E-state index < -0.39 is 0 Å². The van der Waals surface area contributed by atoms with Gasteiger partial charge in [-0.3, -0.25) is 4.79 Å². The second kappa shape index (κ2) is 9.37. The predicted octanol–water partition coefficient (Wildman–Crippen LogP) is 7.19. The lowest BCUT2D eigenvalue weighted by Gasteiger charge is -2.46. The summed E-state index contributed by atoms with van der Waals surface area (Å²) in [5.74, 6) is 1.16. The number of amides is 1. The smallest absolute Gasteiger partial charge is 0.255 e. The van der Waals surface area contributed by atoms with Gasteiger partial charge in [-0.2, -0.15) is 0 Å². The Hall–Kier alpha value is -3.17. The van der Waals surface area contributed by atoms with Gasteiger partial charge in [-0.05, 0) is 97.5 Å². The first-order valence-electron chi connectivity index (χ1n) is 13.5. The van der Waals surface area contributed by atoms with E-state index in [0.717, 1.165) is 11.3 Å². The van der Waals surface area contributed by atoms with Gasteiger partial charge in [0.2, 0.25) is 0 Å². The maximum Gasteiger partial charge on any atom is 0.255 e. The fourth-order valence-electron chi connectivity index (χ4n) is 7.13. The van der Waals surface area contributed by atoms with Gasteiger partial charge in [0.1, 0.15) is 0 Å². The number of likely N-dealkylation sites (tertiary alicyclic amines) is 1. The summed E-state index contributed by atoms with van der Waals surface area (Å²) >= 11 is 0. The number of hydrogen-bond donors (Lipinski definition) is 1. The molecule has 4 atom stereocenters. The predicted molar refractivity (Wildman–Crippen MR) is 148 cm³/mol. The van der Waals surface area contributed by atoms with E-state index in [1.165, 1.54) is 61.0 Å². The summed E-state index contributed by atoms with van der Waals surface area (Å²) in [5, 5.41) is 3.01. The van der Waals surface area contributed by atoms with E-state index in [1.54, 1.807) is 0 Å². The average molecular weight is 477 g/mol. The summed E-state index contributed by atoms with van der Waals surface area (Å²) in [5.41, 5.74) is 7.39. The molecule has 1 amide bonds. The molecular formula is C33H36N2O. The van der Waals surface area contributed by atoms with Crippen LogP contribution in [0.3, 0.4) is 0 Å². The molecule has 0 radical (unpaired) electrons. The van der Waals surface area contributed by atoms with Crippen LogP contribution in [0.5, 0.6) is 0 Å². The van der Waals surface area contributed by atoms with Gasteiger partial charge in [-0.15, -0.1) is 0 Å². The van der Waals surface area contributed by atoms with E-state index in [-0.39, 0.29) is 11.3 Å². The van der Waals surface area contributed by atoms with Crippen molar-refractivity contribution < 1.29 is 4.79 Å². The third-order valence-corrected chi connectivity index (χ3v) is 9.15. The molecule has 36 heavy (non-hydrogen) atoms. The summed E-state index contributed by atoms with van der Waals surface area (Å²) in [6, 6.07) is 25.6. The lowest BCUT2D eigenvalue weighted by atomic mass is 9.68. The average Bonchev–Trinajstić information content (AvgIpc) is 3.53. The zero-order chi connectivity index (χ0) is 24.7. The van der Waals surface area contributed by atoms with Gasteiger partial charge < -0.3 is 10.2 Å². The minimum atomic E-state index is -0.0427. The van der Waals surface area contributed by atoms with Crippen molar-refractivity contribution >= 4 is 17.7 Å². The molecule has 1 aliphatic heterocycles. The lowest BCUT2D eigenvalue weighted by Crippen LogP contribution is -2.50. The highest BCUT2D eigenvalue weighted by molar-refractivity contribution is 6.04. The highest BCUT2D eigenvalue weighted by Crippen LogP contribution is 2.48. The number of allylic oxidation sites excluding steroid dienone is 1. The summed E-state index contributed by atoms with van der Waals surface area (Å²) in [4.78, 5) is 15.5. The van der Waals surface area contributed by atoms with E-state index in [9.17, 15) is 4.79 Å². The summed E-state index contributed by atoms with van der Waals surface area (Å²) in [7, 11) is 0. The topological polar surface area (TPSA) is 32.3 Å². The van der Waals surface area contributed by atoms with Crippen molar-refractivity contribution in [3.8, 4) is 0 Å². The molecular weight excluding hydrogens is 440 g/mol. The molecule has 1 heterocycles. The van der Waals surface area contributed by atoms with Gasteiger partial charge in [0.25, 0.3) is 5.91 Å². The fourth-order valence-corrected chi connectivity index (χ4v) is 7.13. The Labute approximate surface area is 215 Å². The van der Waals surface area contributed by atoms with Gasteiger partial charge in [0.05, 0.1) is 0 Å². The molecule has 1 saturated heterocycles. The second-order valence-electron chi connectivity index (χ2n) is 11.2. The standard InChI is InChI=1S/C33H36N2O/c1-23-20-27(32(36)34-28-9-4-3-5-10-28)13-15-30(23)26-12-14-29(21-26)35-19-18-33(24(2)22-35)17-16-25-8-6-7-11-31(25)33/h3-11,13,15-17,20,24,26,29H,12,14,18-19,21-22H2,1-2H3,(H,34,36). The van der Waals surface area contributed by atoms with Crippen molar-refractivity contribution in [1.29, 1.82) is 0 Å². The van der Waals surface area contributed by atoms with Crippen LogP contribution < -0.4 is 5.32 Å². The van der Waals surface area contributed by atoms with Crippen molar-refractivity contribution in [3.63, 3.8) is 0 Å². The summed E-state index contributed by atoms with van der Waals surface area (Å²) < 4.78 is 0. The third-order valence-electron chi connectivity index (χ3n) is 9.15. The molecule has 0 bridgehead atoms. The van der Waals surface area contributed by atoms with Crippen molar-refractivity contribution in [2.24, 2.45) is 5.92 Å². The number of aryl methyl sites for hydroxylation is 1. The minimum absolute atomic E-state index is 0.0427. The van der Waals surface area contributed by atoms with Crippen LogP contribution in [0.2, 0.25) is 0 Å². The molecule has 3 nitrogen and oxygen atoms in total. The normalized spacial score (nSPS) is 27.3. The number of rotatable bonds is 4. The molecule has 3 aliphatic rings. The highest BCUT2D eigenvalue weighted by atomic mass is 16.1. The Kier molecular flexibility index (Phi) is 6.05. The van der Waals surface area contributed by atoms with Gasteiger partial charge in [0.15, 0.2) is 0 Å². The van der Waals surface area contributed by atoms with Gasteiger partial charge in [-0.1, -0.05) is 67.6 Å². The molecule has 1 N–H and O–H groups in total. The molecule has 2 aliphatic carbocycles. The first-order chi connectivity index (χ1) is 17.5. The fraction of sp³-hybridized carbons (Fsp3) is 0.364. The van der Waals surface area contributed by atoms with E-state index in [0.29, 0.717) is 17.9 Å². The number of hydrogen-bond acceptors (Lipinski definition) is 2. The molecule has 0 aromatic heterocycles. The molecule has 1 saturated carbocycles. The number of piperidine rings is 1. The molecule has 2 fully saturated rings. The number of carbonyl (C=O) groups excluding carboxylic acids is 1. The SMILES string of the molecule is Cc1cc(C(=O)Nc2ccccc2)ccc1C1CCC(N2CCC3(C=Cc4ccccc43)C(C)C2)C1. The summed E-state index contributed by atoms with van der Waals surface area (Å²) in [6.45, 7) is 6.97. The molecule has 1 spiro atoms. The zero-order valence-corrected chi connectivity index (χ0v) is 21.4. The Morgan fingerprint density at radius 2 is 1.81 bits per heavy atom. The van der Waals surface area contributed by atoms with E-state index in [4.69, 9.17) is 0 Å². The van der Waals surface area contributed by atoms with Crippen molar-refractivity contribution in [2.75, 3.05) is 18.4 Å². The van der Waals surface area contributed by atoms with E-state index in [2.05, 4.69) is 72.6 Å². The Morgan fingerprint density at radius 1 is 1.00 bits per heavy atom. The largest absolute Gasteiger partial charge is 0.322 e. The first kappa shape index (κ1) is 23.2. The maximum absolute atomic E-state index is 12.7. The van der Waals surface area contributed by atoms with Crippen molar-refractivity contribution in [3.05, 3.63) is 107 Å². The third kappa shape index (κ3) is 4.10. The van der Waals surface area contributed by atoms with Crippen LogP contribution >= 0.6 is 0 Å². The molecule has 6 rings (SSSR count). The number of nitrogens with zero attached hydrogens (tertiary/aromatic N) is 1. The van der Waals surface area contributed by atoms with Crippen LogP contribution in [0.15, 0.2) is 78.9 Å². The monoisotopic (exact) mass is 476 g/mol. The van der Waals surface area contributed by atoms with Gasteiger partial charge in [-0.25, -0.2) is 0 Å². The number of para-hydroxylation sites is 1. The maximum atomic E-state index is 12.7. The van der Waals surface area contributed by atoms with Crippen LogP contribution in [0.1, 0.15) is 71.1 Å². The van der Waals surface area contributed by atoms with Crippen LogP contribution in [-0.4, -0.2) is 29.9 Å². The Morgan fingerprint density at radius 3 is 2.61 bits per heavy atom. The molecule has 3 heteroatoms. The zero-order valence-electron chi connectivity index (χ0n) is 21.4. The number of nitrogens with one attached hydrogen (secondary N) is 1. The lowest BCUT2D eigenvalue weighted by molar-refractivity contribution is 0.0898. The number of carbonyl (C=O) groups is 1. The molecule has 3 aromatic rings. The van der Waals surface area contributed by atoms with Crippen molar-refractivity contribution in [1.82, 2.24) is 4.90 Å². The molecule has 184 valence electrons. The van der Waals surface area contributed by atoms with E-state index >= 15 is 0 Å². The number of fused-ring (bicyclic) bond motifs is 2. The van der Waals surface area contributed by atoms with Crippen LogP contribution in [0.25, 0.3) is 6.08 Å². The number of benzene rings is 3. The Balaban J connectivity index is 1.10. The molecule has 4 unspecified atom stereocenters. The van der Waals surface area contributed by atoms with Gasteiger partial charge in [0, 0.05) is 29.3 Å². The van der Waals surface area contributed by atoms with Gasteiger partial charge >= 0.3 is 0 Å². The van der Waals surface area contributed by atoms with Crippen LogP contribution in [0.4, 0.5) is 5.69 Å². The molecule has 3 aromatic carbocycles. The van der Waals surface area contributed by atoms with Crippen LogP contribution in [0, 0.1) is 12.8 Å². The highest BCUT2D eigenvalue weighted by Gasteiger charge is 2.45. The van der Waals surface area contributed by atoms with Crippen molar-refractivity contribution in [2.45, 2.75) is 56.9 Å². The Bertz CT molecular complexity index is 1300. The van der Waals surface area contributed by atoms with E-state index in [1.807, 2.05) is 36.4 Å².